The van der Waals surface area contributed by atoms with Gasteiger partial charge in [0.2, 0.25) is 0 Å². The summed E-state index contributed by atoms with van der Waals surface area (Å²) in [5.41, 5.74) is 1.30. The van der Waals surface area contributed by atoms with E-state index in [0.29, 0.717) is 5.92 Å². The minimum atomic E-state index is -0.0123. The van der Waals surface area contributed by atoms with E-state index in [2.05, 4.69) is 73.0 Å². The lowest BCUT2D eigenvalue weighted by Gasteiger charge is -2.42. The first-order chi connectivity index (χ1) is 15.2. The smallest absolute Gasteiger partial charge is 0.193 e. The number of hydrogen-bond donors (Lipinski definition) is 3. The first-order valence-electron chi connectivity index (χ1n) is 11.4. The Kier molecular flexibility index (Phi) is 9.30. The number of aromatic nitrogens is 3. The van der Waals surface area contributed by atoms with Gasteiger partial charge in [-0.1, -0.05) is 30.3 Å². The predicted molar refractivity (Wildman–Crippen MR) is 137 cm³/mol. The van der Waals surface area contributed by atoms with Crippen LogP contribution in [0.4, 0.5) is 0 Å². The van der Waals surface area contributed by atoms with Crippen LogP contribution < -0.4 is 10.6 Å². The maximum atomic E-state index is 5.69. The SMILES string of the molecule is CN=C(NCC1(NC(C)c2ccccc2)CCOCC1)N1CCC(c2ncn[nH]2)CC1.I. The molecule has 8 nitrogen and oxygen atoms in total. The monoisotopic (exact) mass is 553 g/mol. The summed E-state index contributed by atoms with van der Waals surface area (Å²) in [6, 6.07) is 10.9. The summed E-state index contributed by atoms with van der Waals surface area (Å²) in [4.78, 5) is 11.3. The molecule has 9 heteroatoms. The second-order valence-corrected chi connectivity index (χ2v) is 8.70. The lowest BCUT2D eigenvalue weighted by atomic mass is 9.88. The van der Waals surface area contributed by atoms with Gasteiger partial charge in [-0.25, -0.2) is 4.98 Å². The van der Waals surface area contributed by atoms with Gasteiger partial charge in [0.25, 0.3) is 0 Å². The van der Waals surface area contributed by atoms with Gasteiger partial charge in [-0.2, -0.15) is 5.10 Å². The molecular formula is C23H36IN7O. The number of aromatic amines is 1. The van der Waals surface area contributed by atoms with Gasteiger partial charge in [0.15, 0.2) is 5.96 Å². The number of rotatable bonds is 6. The summed E-state index contributed by atoms with van der Waals surface area (Å²) >= 11 is 0. The van der Waals surface area contributed by atoms with Crippen LogP contribution >= 0.6 is 24.0 Å². The third-order valence-electron chi connectivity index (χ3n) is 6.68. The van der Waals surface area contributed by atoms with Gasteiger partial charge in [0.1, 0.15) is 12.2 Å². The predicted octanol–water partition coefficient (Wildman–Crippen LogP) is 3.08. The summed E-state index contributed by atoms with van der Waals surface area (Å²) < 4.78 is 5.69. The van der Waals surface area contributed by atoms with Gasteiger partial charge >= 0.3 is 0 Å². The zero-order valence-corrected chi connectivity index (χ0v) is 21.4. The van der Waals surface area contributed by atoms with E-state index >= 15 is 0 Å². The third kappa shape index (κ3) is 6.20. The summed E-state index contributed by atoms with van der Waals surface area (Å²) in [6.07, 6.45) is 5.68. The standard InChI is InChI=1S/C23H35N7O.HI/c1-18(19-6-4-3-5-7-19)28-23(10-14-31-15-11-23)16-25-22(24-2)30-12-8-20(9-13-30)21-26-17-27-29-21;/h3-7,17-18,20,28H,8-16H2,1-2H3,(H,24,25)(H,26,27,29);1H. The van der Waals surface area contributed by atoms with Gasteiger partial charge in [0.05, 0.1) is 0 Å². The molecule has 0 bridgehead atoms. The molecule has 0 radical (unpaired) electrons. The van der Waals surface area contributed by atoms with Crippen LogP contribution in [0.15, 0.2) is 41.7 Å². The average molecular weight is 553 g/mol. The highest BCUT2D eigenvalue weighted by Gasteiger charge is 2.35. The molecular weight excluding hydrogens is 517 g/mol. The third-order valence-corrected chi connectivity index (χ3v) is 6.68. The first kappa shape index (κ1) is 24.9. The van der Waals surface area contributed by atoms with Gasteiger partial charge < -0.3 is 20.3 Å². The van der Waals surface area contributed by atoms with E-state index < -0.39 is 0 Å². The highest BCUT2D eigenvalue weighted by atomic mass is 127. The summed E-state index contributed by atoms with van der Waals surface area (Å²) in [5.74, 6) is 2.44. The molecule has 176 valence electrons. The molecule has 1 aromatic heterocycles. The Morgan fingerprint density at radius 2 is 1.97 bits per heavy atom. The topological polar surface area (TPSA) is 90.5 Å². The van der Waals surface area contributed by atoms with E-state index in [1.165, 1.54) is 5.56 Å². The number of H-pyrrole nitrogens is 1. The first-order valence-corrected chi connectivity index (χ1v) is 11.4. The minimum Gasteiger partial charge on any atom is -0.381 e. The Hall–Kier alpha value is -1.72. The van der Waals surface area contributed by atoms with Crippen LogP contribution in [-0.2, 0) is 4.74 Å². The van der Waals surface area contributed by atoms with Crippen LogP contribution in [0.25, 0.3) is 0 Å². The van der Waals surface area contributed by atoms with Crippen molar-refractivity contribution in [3.05, 3.63) is 48.0 Å². The molecule has 0 aliphatic carbocycles. The fourth-order valence-corrected chi connectivity index (χ4v) is 4.78. The van der Waals surface area contributed by atoms with Crippen LogP contribution in [0, 0.1) is 0 Å². The van der Waals surface area contributed by atoms with E-state index in [9.17, 15) is 0 Å². The molecule has 2 fully saturated rings. The Morgan fingerprint density at radius 1 is 1.25 bits per heavy atom. The molecule has 4 rings (SSSR count). The Morgan fingerprint density at radius 3 is 2.59 bits per heavy atom. The van der Waals surface area contributed by atoms with Gasteiger partial charge in [-0.15, -0.1) is 24.0 Å². The van der Waals surface area contributed by atoms with Gasteiger partial charge in [0, 0.05) is 57.4 Å². The van der Waals surface area contributed by atoms with Crippen molar-refractivity contribution in [1.29, 1.82) is 0 Å². The number of aliphatic imine (C=N–C) groups is 1. The number of nitrogens with one attached hydrogen (secondary N) is 3. The van der Waals surface area contributed by atoms with E-state index in [-0.39, 0.29) is 35.6 Å². The number of guanidine groups is 1. The second kappa shape index (κ2) is 11.9. The highest BCUT2D eigenvalue weighted by Crippen LogP contribution is 2.27. The average Bonchev–Trinajstić information content (AvgIpc) is 3.36. The lowest BCUT2D eigenvalue weighted by Crippen LogP contribution is -2.59. The highest BCUT2D eigenvalue weighted by molar-refractivity contribution is 14.0. The van der Waals surface area contributed by atoms with Crippen molar-refractivity contribution >= 4 is 29.9 Å². The Labute approximate surface area is 208 Å². The number of halogens is 1. The fraction of sp³-hybridized carbons (Fsp3) is 0.609. The van der Waals surface area contributed by atoms with Gasteiger partial charge in [-0.05, 0) is 38.2 Å². The zero-order chi connectivity index (χ0) is 21.5. The van der Waals surface area contributed by atoms with Crippen molar-refractivity contribution in [2.75, 3.05) is 39.9 Å². The molecule has 0 saturated carbocycles. The molecule has 3 heterocycles. The number of hydrogen-bond acceptors (Lipinski definition) is 5. The molecule has 0 amide bonds. The number of piperidine rings is 1. The summed E-state index contributed by atoms with van der Waals surface area (Å²) in [6.45, 7) is 6.59. The second-order valence-electron chi connectivity index (χ2n) is 8.70. The number of likely N-dealkylation sites (tertiary alicyclic amines) is 1. The quantitative estimate of drug-likeness (QED) is 0.290. The molecule has 0 spiro atoms. The molecule has 2 saturated heterocycles. The van der Waals surface area contributed by atoms with E-state index in [4.69, 9.17) is 4.74 Å². The molecule has 32 heavy (non-hydrogen) atoms. The molecule has 1 aromatic carbocycles. The zero-order valence-electron chi connectivity index (χ0n) is 19.1. The minimum absolute atomic E-state index is 0. The number of benzene rings is 1. The lowest BCUT2D eigenvalue weighted by molar-refractivity contribution is 0.0352. The van der Waals surface area contributed by atoms with Crippen molar-refractivity contribution in [3.63, 3.8) is 0 Å². The molecule has 1 atom stereocenters. The van der Waals surface area contributed by atoms with E-state index in [0.717, 1.165) is 70.3 Å². The normalized spacial score (nSPS) is 20.4. The van der Waals surface area contributed by atoms with Gasteiger partial charge in [-0.3, -0.25) is 10.1 Å². The van der Waals surface area contributed by atoms with E-state index in [1.54, 1.807) is 6.33 Å². The molecule has 2 aromatic rings. The molecule has 3 N–H and O–H groups in total. The summed E-state index contributed by atoms with van der Waals surface area (Å²) in [7, 11) is 1.88. The van der Waals surface area contributed by atoms with Crippen LogP contribution in [0.1, 0.15) is 56.0 Å². The van der Waals surface area contributed by atoms with Crippen LogP contribution in [0.5, 0.6) is 0 Å². The maximum absolute atomic E-state index is 5.69. The summed E-state index contributed by atoms with van der Waals surface area (Å²) in [5, 5.41) is 14.6. The number of nitrogens with zero attached hydrogens (tertiary/aromatic N) is 4. The molecule has 2 aliphatic heterocycles. The van der Waals surface area contributed by atoms with Crippen molar-refractivity contribution in [1.82, 2.24) is 30.7 Å². The van der Waals surface area contributed by atoms with Crippen molar-refractivity contribution in [2.24, 2.45) is 4.99 Å². The van der Waals surface area contributed by atoms with Crippen molar-refractivity contribution in [2.45, 2.75) is 50.1 Å². The van der Waals surface area contributed by atoms with Crippen LogP contribution in [-0.4, -0.2) is 71.5 Å². The largest absolute Gasteiger partial charge is 0.381 e. The maximum Gasteiger partial charge on any atom is 0.193 e. The Bertz CT molecular complexity index is 816. The van der Waals surface area contributed by atoms with Crippen molar-refractivity contribution in [3.8, 4) is 0 Å². The van der Waals surface area contributed by atoms with Crippen LogP contribution in [0.3, 0.4) is 0 Å². The van der Waals surface area contributed by atoms with Crippen molar-refractivity contribution < 1.29 is 4.74 Å². The molecule has 2 aliphatic rings. The van der Waals surface area contributed by atoms with Crippen LogP contribution in [0.2, 0.25) is 0 Å². The van der Waals surface area contributed by atoms with E-state index in [1.807, 2.05) is 7.05 Å². The molecule has 1 unspecified atom stereocenters. The fourth-order valence-electron chi connectivity index (χ4n) is 4.78. The Balaban J connectivity index is 0.00000289. The number of ether oxygens (including phenoxy) is 1.